The van der Waals surface area contributed by atoms with E-state index in [0.717, 1.165) is 43.1 Å². The molecule has 0 amide bonds. The predicted octanol–water partition coefficient (Wildman–Crippen LogP) is 5.32. The van der Waals surface area contributed by atoms with Gasteiger partial charge in [-0.15, -0.1) is 0 Å². The quantitative estimate of drug-likeness (QED) is 0.578. The van der Waals surface area contributed by atoms with Gasteiger partial charge in [0, 0.05) is 23.0 Å². The lowest BCUT2D eigenvalue weighted by molar-refractivity contribution is 0.104. The maximum absolute atomic E-state index is 13.5. The molecular formula is C24H26ClFN2O2. The lowest BCUT2D eigenvalue weighted by Crippen LogP contribution is -2.48. The Labute approximate surface area is 180 Å². The molecule has 1 atom stereocenters. The van der Waals surface area contributed by atoms with Gasteiger partial charge in [-0.2, -0.15) is 0 Å². The van der Waals surface area contributed by atoms with E-state index < -0.39 is 0 Å². The first-order chi connectivity index (χ1) is 14.4. The fraction of sp³-hybridized carbons (Fsp3) is 0.375. The van der Waals surface area contributed by atoms with Gasteiger partial charge in [0.1, 0.15) is 11.6 Å². The average molecular weight is 429 g/mol. The Balaban J connectivity index is 1.55. The Hall–Kier alpha value is -2.37. The second-order valence-electron chi connectivity index (χ2n) is 8.17. The molecule has 2 aromatic carbocycles. The number of hydrogen-bond acceptors (Lipinski definition) is 3. The Morgan fingerprint density at radius 1 is 1.23 bits per heavy atom. The van der Waals surface area contributed by atoms with Crippen molar-refractivity contribution >= 4 is 22.4 Å². The molecule has 1 aromatic heterocycles. The number of pyridine rings is 1. The van der Waals surface area contributed by atoms with Crippen molar-refractivity contribution in [2.24, 2.45) is 5.73 Å². The van der Waals surface area contributed by atoms with Crippen LogP contribution in [0, 0.1) is 5.82 Å². The second-order valence-corrected chi connectivity index (χ2v) is 8.58. The first kappa shape index (κ1) is 20.9. The van der Waals surface area contributed by atoms with Gasteiger partial charge in [-0.3, -0.25) is 4.79 Å². The monoisotopic (exact) mass is 428 g/mol. The summed E-state index contributed by atoms with van der Waals surface area (Å²) in [6, 6.07) is 12.1. The summed E-state index contributed by atoms with van der Waals surface area (Å²) in [5, 5.41) is 1.77. The smallest absolute Gasteiger partial charge is 0.255 e. The SMILES string of the molecule is CCC(N)C1(c2ccc(F)cc2)CCC(Oc2cc3cc[nH]c(=O)c3cc2Cl)CC1. The molecule has 3 N–H and O–H groups in total. The number of aromatic amines is 1. The third kappa shape index (κ3) is 3.84. The predicted molar refractivity (Wildman–Crippen MR) is 119 cm³/mol. The third-order valence-corrected chi connectivity index (χ3v) is 6.81. The standard InChI is InChI=1S/C24H26ClFN2O2/c1-2-22(27)24(16-3-5-17(26)6-4-16)10-7-18(8-11-24)30-21-13-15-9-12-28-23(29)19(15)14-20(21)25/h3-6,9,12-14,18,22H,2,7-8,10-11,27H2,1H3,(H,28,29). The van der Waals surface area contributed by atoms with Crippen LogP contribution in [0.3, 0.4) is 0 Å². The van der Waals surface area contributed by atoms with Gasteiger partial charge in [0.05, 0.1) is 11.1 Å². The van der Waals surface area contributed by atoms with Gasteiger partial charge in [0.2, 0.25) is 0 Å². The Bertz CT molecular complexity index is 1090. The summed E-state index contributed by atoms with van der Waals surface area (Å²) >= 11 is 6.40. The van der Waals surface area contributed by atoms with Gasteiger partial charge in [-0.1, -0.05) is 30.7 Å². The van der Waals surface area contributed by atoms with E-state index in [2.05, 4.69) is 11.9 Å². The topological polar surface area (TPSA) is 68.1 Å². The van der Waals surface area contributed by atoms with Crippen LogP contribution in [-0.4, -0.2) is 17.1 Å². The number of nitrogens with one attached hydrogen (secondary N) is 1. The van der Waals surface area contributed by atoms with Gasteiger partial charge < -0.3 is 15.5 Å². The van der Waals surface area contributed by atoms with Crippen molar-refractivity contribution in [2.75, 3.05) is 0 Å². The van der Waals surface area contributed by atoms with Crippen LogP contribution in [0.1, 0.15) is 44.6 Å². The van der Waals surface area contributed by atoms with Gasteiger partial charge in [0.15, 0.2) is 0 Å². The van der Waals surface area contributed by atoms with Crippen molar-refractivity contribution in [3.05, 3.63) is 75.4 Å². The maximum Gasteiger partial charge on any atom is 0.255 e. The second kappa shape index (κ2) is 8.40. The van der Waals surface area contributed by atoms with Crippen LogP contribution >= 0.6 is 11.6 Å². The van der Waals surface area contributed by atoms with Gasteiger partial charge in [-0.05, 0) is 73.4 Å². The van der Waals surface area contributed by atoms with E-state index in [1.807, 2.05) is 24.3 Å². The van der Waals surface area contributed by atoms with E-state index in [1.165, 1.54) is 12.1 Å². The molecule has 0 bridgehead atoms. The number of rotatable bonds is 5. The number of ether oxygens (including phenoxy) is 1. The highest BCUT2D eigenvalue weighted by Gasteiger charge is 2.41. The number of nitrogens with two attached hydrogens (primary N) is 1. The van der Waals surface area contributed by atoms with Crippen molar-refractivity contribution in [1.29, 1.82) is 0 Å². The minimum Gasteiger partial charge on any atom is -0.489 e. The van der Waals surface area contributed by atoms with Crippen LogP contribution in [-0.2, 0) is 5.41 Å². The zero-order valence-corrected chi connectivity index (χ0v) is 17.7. The Morgan fingerprint density at radius 2 is 1.93 bits per heavy atom. The molecule has 3 aromatic rings. The fourth-order valence-corrected chi connectivity index (χ4v) is 4.94. The van der Waals surface area contributed by atoms with E-state index in [1.54, 1.807) is 12.3 Å². The van der Waals surface area contributed by atoms with Crippen molar-refractivity contribution in [3.63, 3.8) is 0 Å². The summed E-state index contributed by atoms with van der Waals surface area (Å²) in [5.41, 5.74) is 7.31. The van der Waals surface area contributed by atoms with Crippen LogP contribution < -0.4 is 16.0 Å². The summed E-state index contributed by atoms with van der Waals surface area (Å²) in [6.45, 7) is 2.09. The largest absolute Gasteiger partial charge is 0.489 e. The van der Waals surface area contributed by atoms with E-state index in [4.69, 9.17) is 22.1 Å². The Kier molecular flexibility index (Phi) is 5.85. The van der Waals surface area contributed by atoms with Crippen LogP contribution in [0.4, 0.5) is 4.39 Å². The molecule has 1 saturated carbocycles. The number of halogens is 2. The summed E-state index contributed by atoms with van der Waals surface area (Å²) < 4.78 is 19.7. The van der Waals surface area contributed by atoms with Crippen LogP contribution in [0.25, 0.3) is 10.8 Å². The minimum atomic E-state index is -0.235. The van der Waals surface area contributed by atoms with Crippen molar-refractivity contribution in [3.8, 4) is 5.75 Å². The first-order valence-corrected chi connectivity index (χ1v) is 10.8. The highest BCUT2D eigenvalue weighted by atomic mass is 35.5. The molecule has 1 fully saturated rings. The number of hydrogen-bond donors (Lipinski definition) is 2. The molecule has 1 aliphatic rings. The lowest BCUT2D eigenvalue weighted by Gasteiger charge is -2.44. The molecule has 0 spiro atoms. The lowest BCUT2D eigenvalue weighted by atomic mass is 9.64. The molecule has 0 aliphatic heterocycles. The molecule has 4 nitrogen and oxygen atoms in total. The summed E-state index contributed by atoms with van der Waals surface area (Å²) in [6.07, 6.45) is 5.87. The summed E-state index contributed by atoms with van der Waals surface area (Å²) in [4.78, 5) is 14.6. The molecule has 0 radical (unpaired) electrons. The normalized spacial score (nSPS) is 22.7. The zero-order valence-electron chi connectivity index (χ0n) is 17.0. The molecular weight excluding hydrogens is 403 g/mol. The van der Waals surface area contributed by atoms with E-state index in [9.17, 15) is 9.18 Å². The van der Waals surface area contributed by atoms with E-state index in [-0.39, 0.29) is 28.9 Å². The molecule has 4 rings (SSSR count). The number of H-pyrrole nitrogens is 1. The molecule has 0 saturated heterocycles. The van der Waals surface area contributed by atoms with Gasteiger partial charge in [-0.25, -0.2) is 4.39 Å². The first-order valence-electron chi connectivity index (χ1n) is 10.4. The van der Waals surface area contributed by atoms with Crippen LogP contribution in [0.15, 0.2) is 53.5 Å². The minimum absolute atomic E-state index is 0.0000988. The number of benzene rings is 2. The van der Waals surface area contributed by atoms with Crippen molar-refractivity contribution in [2.45, 2.75) is 56.6 Å². The molecule has 158 valence electrons. The van der Waals surface area contributed by atoms with Gasteiger partial charge >= 0.3 is 0 Å². The molecule has 1 heterocycles. The molecule has 6 heteroatoms. The molecule has 30 heavy (non-hydrogen) atoms. The van der Waals surface area contributed by atoms with Crippen molar-refractivity contribution in [1.82, 2.24) is 4.98 Å². The van der Waals surface area contributed by atoms with Crippen LogP contribution in [0.5, 0.6) is 5.75 Å². The highest BCUT2D eigenvalue weighted by molar-refractivity contribution is 6.32. The van der Waals surface area contributed by atoms with Crippen molar-refractivity contribution < 1.29 is 9.13 Å². The average Bonchev–Trinajstić information content (AvgIpc) is 2.76. The third-order valence-electron chi connectivity index (χ3n) is 6.51. The van der Waals surface area contributed by atoms with Gasteiger partial charge in [0.25, 0.3) is 5.56 Å². The number of aromatic nitrogens is 1. The highest BCUT2D eigenvalue weighted by Crippen LogP contribution is 2.44. The fourth-order valence-electron chi connectivity index (χ4n) is 4.73. The van der Waals surface area contributed by atoms with E-state index >= 15 is 0 Å². The summed E-state index contributed by atoms with van der Waals surface area (Å²) in [5.74, 6) is 0.356. The Morgan fingerprint density at radius 3 is 2.60 bits per heavy atom. The maximum atomic E-state index is 13.5. The molecule has 1 aliphatic carbocycles. The van der Waals surface area contributed by atoms with Crippen LogP contribution in [0.2, 0.25) is 5.02 Å². The zero-order chi connectivity index (χ0) is 21.3. The summed E-state index contributed by atoms with van der Waals surface area (Å²) in [7, 11) is 0. The van der Waals surface area contributed by atoms with E-state index in [0.29, 0.717) is 16.2 Å². The molecule has 1 unspecified atom stereocenters. The number of fused-ring (bicyclic) bond motifs is 1.